The number of halogens is 2. The molecule has 0 bridgehead atoms. The SMILES string of the molecule is CN1CCN(c2nc(CN3CCN(C(c4ccc(Cl)cc4)c4ccc(Cl)cc4)CC3)nc3ccccc23)CC1. The van der Waals surface area contributed by atoms with Crippen LogP contribution in [-0.2, 0) is 6.54 Å². The zero-order valence-electron chi connectivity index (χ0n) is 22.3. The smallest absolute Gasteiger partial charge is 0.145 e. The van der Waals surface area contributed by atoms with Crippen molar-refractivity contribution in [3.63, 3.8) is 0 Å². The molecule has 1 aromatic heterocycles. The van der Waals surface area contributed by atoms with Gasteiger partial charge in [0.2, 0.25) is 0 Å². The van der Waals surface area contributed by atoms with E-state index in [1.807, 2.05) is 24.3 Å². The van der Waals surface area contributed by atoms with Crippen molar-refractivity contribution < 1.29 is 0 Å². The van der Waals surface area contributed by atoms with Crippen LogP contribution in [0, 0.1) is 0 Å². The van der Waals surface area contributed by atoms with E-state index in [9.17, 15) is 0 Å². The van der Waals surface area contributed by atoms with Crippen LogP contribution in [0.3, 0.4) is 0 Å². The third-order valence-corrected chi connectivity index (χ3v) is 8.44. The Morgan fingerprint density at radius 2 is 1.28 bits per heavy atom. The van der Waals surface area contributed by atoms with Gasteiger partial charge < -0.3 is 9.80 Å². The molecule has 6 nitrogen and oxygen atoms in total. The normalized spacial score (nSPS) is 17.8. The molecule has 2 fully saturated rings. The highest BCUT2D eigenvalue weighted by Crippen LogP contribution is 2.32. The van der Waals surface area contributed by atoms with Crippen LogP contribution in [0.4, 0.5) is 5.82 Å². The first-order chi connectivity index (χ1) is 19.0. The van der Waals surface area contributed by atoms with E-state index in [1.165, 1.54) is 11.1 Å². The Balaban J connectivity index is 1.19. The molecule has 6 rings (SSSR count). The van der Waals surface area contributed by atoms with Gasteiger partial charge in [-0.1, -0.05) is 59.6 Å². The lowest BCUT2D eigenvalue weighted by atomic mass is 9.96. The summed E-state index contributed by atoms with van der Waals surface area (Å²) in [5, 5.41) is 2.65. The Kier molecular flexibility index (Phi) is 8.00. The number of likely N-dealkylation sites (N-methyl/N-ethyl adjacent to an activating group) is 1. The van der Waals surface area contributed by atoms with E-state index in [0.29, 0.717) is 0 Å². The lowest BCUT2D eigenvalue weighted by molar-refractivity contribution is 0.103. The predicted molar refractivity (Wildman–Crippen MR) is 161 cm³/mol. The number of benzene rings is 3. The van der Waals surface area contributed by atoms with Crippen LogP contribution in [0.2, 0.25) is 10.0 Å². The van der Waals surface area contributed by atoms with Gasteiger partial charge in [0.15, 0.2) is 0 Å². The molecular formula is C31H34Cl2N6. The fourth-order valence-corrected chi connectivity index (χ4v) is 5.97. The first kappa shape index (κ1) is 26.5. The summed E-state index contributed by atoms with van der Waals surface area (Å²) < 4.78 is 0. The molecule has 0 radical (unpaired) electrons. The van der Waals surface area contributed by atoms with E-state index in [2.05, 4.69) is 75.2 Å². The zero-order chi connectivity index (χ0) is 26.8. The van der Waals surface area contributed by atoms with Gasteiger partial charge in [-0.3, -0.25) is 9.80 Å². The molecule has 0 spiro atoms. The number of piperazine rings is 2. The highest BCUT2D eigenvalue weighted by atomic mass is 35.5. The van der Waals surface area contributed by atoms with Crippen LogP contribution < -0.4 is 4.90 Å². The minimum absolute atomic E-state index is 0.155. The van der Waals surface area contributed by atoms with Crippen molar-refractivity contribution in [1.29, 1.82) is 0 Å². The Bertz CT molecular complexity index is 1350. The maximum absolute atomic E-state index is 6.21. The van der Waals surface area contributed by atoms with Crippen molar-refractivity contribution in [2.75, 3.05) is 64.3 Å². The van der Waals surface area contributed by atoms with Gasteiger partial charge in [0.05, 0.1) is 18.1 Å². The number of para-hydroxylation sites is 1. The van der Waals surface area contributed by atoms with Gasteiger partial charge in [0.25, 0.3) is 0 Å². The molecule has 0 aliphatic carbocycles. The Labute approximate surface area is 240 Å². The largest absolute Gasteiger partial charge is 0.353 e. The molecule has 39 heavy (non-hydrogen) atoms. The number of rotatable bonds is 6. The van der Waals surface area contributed by atoms with Crippen molar-refractivity contribution in [3.8, 4) is 0 Å². The molecule has 0 saturated carbocycles. The van der Waals surface area contributed by atoms with Gasteiger partial charge in [0, 0.05) is 67.8 Å². The van der Waals surface area contributed by atoms with Crippen LogP contribution >= 0.6 is 23.2 Å². The molecule has 8 heteroatoms. The quantitative estimate of drug-likeness (QED) is 0.306. The van der Waals surface area contributed by atoms with Gasteiger partial charge in [0.1, 0.15) is 11.6 Å². The summed E-state index contributed by atoms with van der Waals surface area (Å²) >= 11 is 12.4. The summed E-state index contributed by atoms with van der Waals surface area (Å²) in [6.07, 6.45) is 0. The summed E-state index contributed by atoms with van der Waals surface area (Å²) in [5.74, 6) is 1.98. The van der Waals surface area contributed by atoms with Crippen LogP contribution in [0.25, 0.3) is 10.9 Å². The van der Waals surface area contributed by atoms with Crippen molar-refractivity contribution in [2.24, 2.45) is 0 Å². The Morgan fingerprint density at radius 3 is 1.90 bits per heavy atom. The van der Waals surface area contributed by atoms with Crippen molar-refractivity contribution in [2.45, 2.75) is 12.6 Å². The molecule has 202 valence electrons. The van der Waals surface area contributed by atoms with Gasteiger partial charge in [-0.2, -0.15) is 0 Å². The second kappa shape index (κ2) is 11.8. The second-order valence-electron chi connectivity index (χ2n) is 10.6. The molecular weight excluding hydrogens is 527 g/mol. The molecule has 0 amide bonds. The lowest BCUT2D eigenvalue weighted by Crippen LogP contribution is -2.47. The average molecular weight is 562 g/mol. The summed E-state index contributed by atoms with van der Waals surface area (Å²) in [4.78, 5) is 19.9. The zero-order valence-corrected chi connectivity index (χ0v) is 23.8. The second-order valence-corrected chi connectivity index (χ2v) is 11.5. The molecule has 0 unspecified atom stereocenters. The molecule has 2 saturated heterocycles. The number of fused-ring (bicyclic) bond motifs is 1. The molecule has 2 aliphatic heterocycles. The third kappa shape index (κ3) is 6.06. The van der Waals surface area contributed by atoms with Crippen LogP contribution in [0.15, 0.2) is 72.8 Å². The van der Waals surface area contributed by atoms with Crippen LogP contribution in [0.5, 0.6) is 0 Å². The Morgan fingerprint density at radius 1 is 0.692 bits per heavy atom. The standard InChI is InChI=1S/C31H34Cl2N6/c1-36-14-18-39(19-15-36)31-27-4-2-3-5-28(27)34-29(35-31)22-37-16-20-38(21-17-37)30(23-6-10-25(32)11-7-23)24-8-12-26(33)13-9-24/h2-13,30H,14-22H2,1H3. The first-order valence-corrected chi connectivity index (χ1v) is 14.5. The molecule has 3 heterocycles. The maximum atomic E-state index is 6.21. The minimum Gasteiger partial charge on any atom is -0.353 e. The maximum Gasteiger partial charge on any atom is 0.145 e. The van der Waals surface area contributed by atoms with Gasteiger partial charge in [-0.05, 0) is 54.6 Å². The average Bonchev–Trinajstić information content (AvgIpc) is 2.96. The summed E-state index contributed by atoms with van der Waals surface area (Å²) in [6.45, 7) is 8.67. The van der Waals surface area contributed by atoms with E-state index in [4.69, 9.17) is 33.2 Å². The lowest BCUT2D eigenvalue weighted by Gasteiger charge is -2.39. The van der Waals surface area contributed by atoms with E-state index < -0.39 is 0 Å². The number of anilines is 1. The van der Waals surface area contributed by atoms with Crippen molar-refractivity contribution in [1.82, 2.24) is 24.7 Å². The Hall–Kier alpha value is -2.74. The molecule has 0 N–H and O–H groups in total. The summed E-state index contributed by atoms with van der Waals surface area (Å²) in [5.41, 5.74) is 3.51. The molecule has 4 aromatic rings. The summed E-state index contributed by atoms with van der Waals surface area (Å²) in [7, 11) is 2.19. The van der Waals surface area contributed by atoms with E-state index in [1.54, 1.807) is 0 Å². The third-order valence-electron chi connectivity index (χ3n) is 7.94. The minimum atomic E-state index is 0.155. The van der Waals surface area contributed by atoms with Gasteiger partial charge in [-0.15, -0.1) is 0 Å². The van der Waals surface area contributed by atoms with Crippen LogP contribution in [0.1, 0.15) is 23.0 Å². The highest BCUT2D eigenvalue weighted by molar-refractivity contribution is 6.30. The van der Waals surface area contributed by atoms with Crippen molar-refractivity contribution in [3.05, 3.63) is 99.8 Å². The highest BCUT2D eigenvalue weighted by Gasteiger charge is 2.27. The topological polar surface area (TPSA) is 38.7 Å². The molecule has 2 aliphatic rings. The summed E-state index contributed by atoms with van der Waals surface area (Å²) in [6, 6.07) is 25.0. The number of aromatic nitrogens is 2. The monoisotopic (exact) mass is 560 g/mol. The van der Waals surface area contributed by atoms with Gasteiger partial charge >= 0.3 is 0 Å². The number of hydrogen-bond acceptors (Lipinski definition) is 6. The fraction of sp³-hybridized carbons (Fsp3) is 0.355. The number of hydrogen-bond donors (Lipinski definition) is 0. The number of nitrogens with zero attached hydrogens (tertiary/aromatic N) is 6. The van der Waals surface area contributed by atoms with Crippen LogP contribution in [-0.4, -0.2) is 84.1 Å². The van der Waals surface area contributed by atoms with Crippen molar-refractivity contribution >= 4 is 39.9 Å². The van der Waals surface area contributed by atoms with E-state index >= 15 is 0 Å². The first-order valence-electron chi connectivity index (χ1n) is 13.7. The molecule has 0 atom stereocenters. The van der Waals surface area contributed by atoms with E-state index in [-0.39, 0.29) is 6.04 Å². The predicted octanol–water partition coefficient (Wildman–Crippen LogP) is 5.60. The van der Waals surface area contributed by atoms with Gasteiger partial charge in [-0.25, -0.2) is 9.97 Å². The van der Waals surface area contributed by atoms with E-state index in [0.717, 1.165) is 91.5 Å². The molecule has 3 aromatic carbocycles. The fourth-order valence-electron chi connectivity index (χ4n) is 5.72.